The van der Waals surface area contributed by atoms with Gasteiger partial charge in [0, 0.05) is 6.42 Å². The van der Waals surface area contributed by atoms with Gasteiger partial charge in [-0.3, -0.25) is 4.79 Å². The summed E-state index contributed by atoms with van der Waals surface area (Å²) >= 11 is 0. The molecule has 0 aromatic carbocycles. The molecular weight excluding hydrogens is 927 g/mol. The first-order chi connectivity index (χ1) is 37.7. The summed E-state index contributed by atoms with van der Waals surface area (Å²) in [6.45, 7) is 4.29. The predicted octanol–water partition coefficient (Wildman–Crippen LogP) is 23.7. The molecule has 3 N–H and O–H groups in total. The summed E-state index contributed by atoms with van der Waals surface area (Å²) in [5, 5.41) is 23.5. The molecule has 1 amide bonds. The van der Waals surface area contributed by atoms with Gasteiger partial charge in [-0.25, -0.2) is 0 Å². The lowest BCUT2D eigenvalue weighted by molar-refractivity contribution is -0.123. The van der Waals surface area contributed by atoms with Crippen molar-refractivity contribution in [1.29, 1.82) is 0 Å². The van der Waals surface area contributed by atoms with Crippen molar-refractivity contribution in [3.8, 4) is 0 Å². The van der Waals surface area contributed by atoms with Gasteiger partial charge in [-0.2, -0.15) is 0 Å². The molecule has 76 heavy (non-hydrogen) atoms. The molecule has 4 nitrogen and oxygen atoms in total. The largest absolute Gasteiger partial charge is 0.394 e. The van der Waals surface area contributed by atoms with E-state index in [1.54, 1.807) is 0 Å². The van der Waals surface area contributed by atoms with Crippen LogP contribution in [0.4, 0.5) is 0 Å². The lowest BCUT2D eigenvalue weighted by Gasteiger charge is -2.22. The molecule has 0 saturated heterocycles. The number of rotatable bonds is 65. The average Bonchev–Trinajstić information content (AvgIpc) is 3.42. The zero-order chi connectivity index (χ0) is 54.8. The van der Waals surface area contributed by atoms with E-state index in [-0.39, 0.29) is 12.5 Å². The number of amides is 1. The molecular formula is C72H137NO3. The molecule has 0 spiro atoms. The van der Waals surface area contributed by atoms with E-state index in [0.29, 0.717) is 12.8 Å². The van der Waals surface area contributed by atoms with Crippen LogP contribution in [0.15, 0.2) is 48.6 Å². The van der Waals surface area contributed by atoms with Crippen LogP contribution in [0, 0.1) is 0 Å². The highest BCUT2D eigenvalue weighted by Crippen LogP contribution is 2.19. The van der Waals surface area contributed by atoms with Crippen molar-refractivity contribution in [2.24, 2.45) is 0 Å². The molecule has 0 aliphatic carbocycles. The van der Waals surface area contributed by atoms with Crippen molar-refractivity contribution in [2.75, 3.05) is 6.61 Å². The molecule has 0 radical (unpaired) electrons. The third kappa shape index (κ3) is 63.2. The Bertz CT molecular complexity index is 1210. The maximum absolute atomic E-state index is 12.6. The fourth-order valence-corrected chi connectivity index (χ4v) is 11.1. The molecule has 0 bridgehead atoms. The number of carbonyl (C=O) groups is 1. The Balaban J connectivity index is 3.38. The van der Waals surface area contributed by atoms with E-state index in [4.69, 9.17) is 0 Å². The minimum absolute atomic E-state index is 0.0227. The zero-order valence-corrected chi connectivity index (χ0v) is 51.8. The average molecular weight is 1060 g/mol. The number of hydrogen-bond acceptors (Lipinski definition) is 3. The zero-order valence-electron chi connectivity index (χ0n) is 51.8. The Hall–Kier alpha value is -1.65. The molecule has 2 atom stereocenters. The van der Waals surface area contributed by atoms with Crippen LogP contribution in [0.5, 0.6) is 0 Å². The normalized spacial score (nSPS) is 12.9. The second-order valence-electron chi connectivity index (χ2n) is 23.9. The van der Waals surface area contributed by atoms with Crippen LogP contribution in [0.2, 0.25) is 0 Å². The number of allylic oxidation sites excluding steroid dienone is 8. The van der Waals surface area contributed by atoms with Gasteiger partial charge in [0.25, 0.3) is 0 Å². The van der Waals surface area contributed by atoms with E-state index in [1.165, 1.54) is 308 Å². The number of aliphatic hydroxyl groups excluding tert-OH is 2. The van der Waals surface area contributed by atoms with E-state index in [1.807, 2.05) is 0 Å². The van der Waals surface area contributed by atoms with Crippen LogP contribution < -0.4 is 5.32 Å². The third-order valence-corrected chi connectivity index (χ3v) is 16.4. The molecule has 0 aromatic rings. The van der Waals surface area contributed by atoms with Gasteiger partial charge in [0.1, 0.15) is 0 Å². The lowest BCUT2D eigenvalue weighted by atomic mass is 10.0. The summed E-state index contributed by atoms with van der Waals surface area (Å²) in [5.41, 5.74) is 0. The van der Waals surface area contributed by atoms with Crippen LogP contribution >= 0.6 is 0 Å². The Morgan fingerprint density at radius 1 is 0.329 bits per heavy atom. The fraction of sp³-hybridized carbons (Fsp3) is 0.875. The second-order valence-corrected chi connectivity index (χ2v) is 23.9. The van der Waals surface area contributed by atoms with Crippen LogP contribution in [0.1, 0.15) is 386 Å². The highest BCUT2D eigenvalue weighted by molar-refractivity contribution is 5.76. The van der Waals surface area contributed by atoms with E-state index in [2.05, 4.69) is 67.8 Å². The Morgan fingerprint density at radius 2 is 0.579 bits per heavy atom. The number of carbonyl (C=O) groups excluding carboxylic acids is 1. The first-order valence-corrected chi connectivity index (χ1v) is 34.8. The lowest BCUT2D eigenvalue weighted by Crippen LogP contribution is -2.45. The third-order valence-electron chi connectivity index (χ3n) is 16.4. The van der Waals surface area contributed by atoms with Gasteiger partial charge in [-0.1, -0.05) is 377 Å². The van der Waals surface area contributed by atoms with Gasteiger partial charge in [-0.05, 0) is 51.4 Å². The number of aliphatic hydroxyl groups is 2. The highest BCUT2D eigenvalue weighted by atomic mass is 16.3. The summed E-state index contributed by atoms with van der Waals surface area (Å²) < 4.78 is 0. The van der Waals surface area contributed by atoms with Crippen LogP contribution in [-0.2, 0) is 4.79 Å². The highest BCUT2D eigenvalue weighted by Gasteiger charge is 2.20. The standard InChI is InChI=1S/C72H137NO3/c1-3-5-7-9-11-13-15-17-19-21-23-25-27-29-31-32-33-34-35-36-37-38-39-40-42-44-46-48-50-52-54-56-58-60-62-64-66-68-72(76)73-70(69-74)71(75)67-65-63-61-59-57-55-53-51-49-47-45-43-41-30-28-26-24-22-20-18-16-14-12-10-8-6-4-2/h5,7,11,13,17,19,23,25,70-71,74-75H,3-4,6,8-10,12,14-16,18,20-22,24,26-69H2,1-2H3,(H,73,76)/b7-5-,13-11-,19-17-,25-23-. The van der Waals surface area contributed by atoms with Gasteiger partial charge >= 0.3 is 0 Å². The van der Waals surface area contributed by atoms with Gasteiger partial charge in [0.2, 0.25) is 5.91 Å². The molecule has 0 aliphatic heterocycles. The van der Waals surface area contributed by atoms with Crippen LogP contribution in [0.3, 0.4) is 0 Å². The molecule has 0 heterocycles. The molecule has 448 valence electrons. The van der Waals surface area contributed by atoms with Crippen LogP contribution in [-0.4, -0.2) is 34.9 Å². The van der Waals surface area contributed by atoms with Crippen molar-refractivity contribution in [1.82, 2.24) is 5.32 Å². The van der Waals surface area contributed by atoms with E-state index >= 15 is 0 Å². The SMILES string of the molecule is CC/C=C\C/C=C\C/C=C\C/C=C\CCCCCCCCCCCCCCCCCCCCCCCCCCC(=O)NC(CO)C(O)CCCCCCCCCCCCCCCCCCCCCCCCCCCCC. The molecule has 2 unspecified atom stereocenters. The Morgan fingerprint density at radius 3 is 0.868 bits per heavy atom. The van der Waals surface area contributed by atoms with Gasteiger partial charge < -0.3 is 15.5 Å². The minimum Gasteiger partial charge on any atom is -0.394 e. The summed E-state index contributed by atoms with van der Waals surface area (Å²) in [4.78, 5) is 12.6. The van der Waals surface area contributed by atoms with Crippen molar-refractivity contribution < 1.29 is 15.0 Å². The summed E-state index contributed by atoms with van der Waals surface area (Å²) in [6.07, 6.45) is 94.6. The topological polar surface area (TPSA) is 69.6 Å². The molecule has 0 rings (SSSR count). The van der Waals surface area contributed by atoms with Crippen molar-refractivity contribution in [3.05, 3.63) is 48.6 Å². The minimum atomic E-state index is -0.660. The van der Waals surface area contributed by atoms with E-state index in [9.17, 15) is 15.0 Å². The summed E-state index contributed by atoms with van der Waals surface area (Å²) in [5.74, 6) is -0.0227. The molecule has 4 heteroatoms. The fourth-order valence-electron chi connectivity index (χ4n) is 11.1. The van der Waals surface area contributed by atoms with Crippen molar-refractivity contribution in [3.63, 3.8) is 0 Å². The smallest absolute Gasteiger partial charge is 0.220 e. The van der Waals surface area contributed by atoms with Gasteiger partial charge in [-0.15, -0.1) is 0 Å². The molecule has 0 aliphatic rings. The molecule has 0 aromatic heterocycles. The maximum atomic E-state index is 12.6. The van der Waals surface area contributed by atoms with Gasteiger partial charge in [0.05, 0.1) is 18.8 Å². The van der Waals surface area contributed by atoms with Crippen molar-refractivity contribution >= 4 is 5.91 Å². The Kier molecular flexibility index (Phi) is 66.2. The number of unbranched alkanes of at least 4 members (excludes halogenated alkanes) is 50. The summed E-state index contributed by atoms with van der Waals surface area (Å²) in [6, 6.07) is -0.536. The second kappa shape index (κ2) is 67.6. The van der Waals surface area contributed by atoms with Crippen LogP contribution in [0.25, 0.3) is 0 Å². The number of nitrogens with one attached hydrogen (secondary N) is 1. The van der Waals surface area contributed by atoms with Crippen molar-refractivity contribution in [2.45, 2.75) is 398 Å². The number of hydrogen-bond donors (Lipinski definition) is 3. The Labute approximate surface area is 477 Å². The summed E-state index contributed by atoms with van der Waals surface area (Å²) in [7, 11) is 0. The first-order valence-electron chi connectivity index (χ1n) is 34.8. The van der Waals surface area contributed by atoms with Gasteiger partial charge in [0.15, 0.2) is 0 Å². The maximum Gasteiger partial charge on any atom is 0.220 e. The first kappa shape index (κ1) is 74.3. The predicted molar refractivity (Wildman–Crippen MR) is 341 cm³/mol. The quantitative estimate of drug-likeness (QED) is 0.0420. The molecule has 0 saturated carbocycles. The van der Waals surface area contributed by atoms with E-state index in [0.717, 1.165) is 51.4 Å². The molecule has 0 fully saturated rings. The van der Waals surface area contributed by atoms with E-state index < -0.39 is 12.1 Å². The monoisotopic (exact) mass is 1060 g/mol.